The summed E-state index contributed by atoms with van der Waals surface area (Å²) in [7, 11) is 0. The predicted octanol–water partition coefficient (Wildman–Crippen LogP) is 1.72. The first kappa shape index (κ1) is 18.3. The van der Waals surface area contributed by atoms with E-state index in [1.807, 2.05) is 37.3 Å². The molecule has 2 heterocycles. The quantitative estimate of drug-likeness (QED) is 0.727. The summed E-state index contributed by atoms with van der Waals surface area (Å²) in [5.41, 5.74) is 1.94. The Balaban J connectivity index is 1.36. The lowest BCUT2D eigenvalue weighted by atomic mass is 10.0. The molecule has 1 aliphatic rings. The van der Waals surface area contributed by atoms with Crippen LogP contribution in [0, 0.1) is 6.92 Å². The lowest BCUT2D eigenvalue weighted by molar-refractivity contribution is -0.895. The number of fused-ring (bicyclic) bond motifs is 1. The second-order valence-electron chi connectivity index (χ2n) is 7.22. The van der Waals surface area contributed by atoms with Crippen LogP contribution in [-0.4, -0.2) is 49.4 Å². The predicted molar refractivity (Wildman–Crippen MR) is 107 cm³/mol. The number of rotatable bonds is 4. The molecule has 2 aromatic carbocycles. The molecule has 0 unspecified atom stereocenters. The van der Waals surface area contributed by atoms with Crippen LogP contribution in [0.1, 0.15) is 16.1 Å². The number of amides is 2. The van der Waals surface area contributed by atoms with Gasteiger partial charge in [0.25, 0.3) is 11.8 Å². The Kier molecular flexibility index (Phi) is 5.12. The van der Waals surface area contributed by atoms with Gasteiger partial charge < -0.3 is 19.5 Å². The van der Waals surface area contributed by atoms with Crippen molar-refractivity contribution in [3.63, 3.8) is 0 Å². The molecule has 2 N–H and O–H groups in total. The van der Waals surface area contributed by atoms with Crippen LogP contribution in [0.3, 0.4) is 0 Å². The van der Waals surface area contributed by atoms with Crippen LogP contribution >= 0.6 is 0 Å². The van der Waals surface area contributed by atoms with Crippen molar-refractivity contribution in [2.24, 2.45) is 0 Å². The number of nitrogens with one attached hydrogen (secondary N) is 2. The molecule has 1 saturated heterocycles. The van der Waals surface area contributed by atoms with Crippen LogP contribution < -0.4 is 10.2 Å². The van der Waals surface area contributed by atoms with Crippen molar-refractivity contribution in [2.75, 3.05) is 38.0 Å². The molecular formula is C22H24N3O3+. The molecule has 1 fully saturated rings. The van der Waals surface area contributed by atoms with E-state index in [2.05, 4.69) is 11.4 Å². The Hall–Kier alpha value is -3.12. The fourth-order valence-corrected chi connectivity index (χ4v) is 3.72. The number of anilines is 1. The molecule has 0 radical (unpaired) electrons. The molecule has 1 aliphatic heterocycles. The van der Waals surface area contributed by atoms with Gasteiger partial charge in [-0.05, 0) is 30.0 Å². The van der Waals surface area contributed by atoms with Crippen LogP contribution in [0.2, 0.25) is 0 Å². The van der Waals surface area contributed by atoms with E-state index in [-0.39, 0.29) is 11.8 Å². The van der Waals surface area contributed by atoms with Gasteiger partial charge in [-0.2, -0.15) is 0 Å². The SMILES string of the molecule is Cc1ccc2ccccc2c1NC(=O)C[NH+]1CCN(C(=O)c2ccco2)CC1. The number of hydrogen-bond acceptors (Lipinski definition) is 3. The summed E-state index contributed by atoms with van der Waals surface area (Å²) in [5, 5.41) is 5.27. The minimum atomic E-state index is -0.0834. The normalized spacial score (nSPS) is 15.0. The number of carbonyl (C=O) groups excluding carboxylic acids is 2. The van der Waals surface area contributed by atoms with Crippen molar-refractivity contribution in [1.82, 2.24) is 4.90 Å². The molecule has 0 spiro atoms. The van der Waals surface area contributed by atoms with E-state index in [1.165, 1.54) is 11.2 Å². The highest BCUT2D eigenvalue weighted by atomic mass is 16.3. The zero-order chi connectivity index (χ0) is 19.5. The molecule has 0 atom stereocenters. The topological polar surface area (TPSA) is 67.0 Å². The Morgan fingerprint density at radius 1 is 1.07 bits per heavy atom. The van der Waals surface area contributed by atoms with Gasteiger partial charge in [0.2, 0.25) is 0 Å². The van der Waals surface area contributed by atoms with E-state index in [4.69, 9.17) is 4.42 Å². The Morgan fingerprint density at radius 3 is 2.61 bits per heavy atom. The van der Waals surface area contributed by atoms with Gasteiger partial charge in [0.15, 0.2) is 12.3 Å². The zero-order valence-corrected chi connectivity index (χ0v) is 15.9. The smallest absolute Gasteiger partial charge is 0.289 e. The lowest BCUT2D eigenvalue weighted by Crippen LogP contribution is -3.15. The van der Waals surface area contributed by atoms with E-state index in [0.29, 0.717) is 25.4 Å². The minimum Gasteiger partial charge on any atom is -0.459 e. The average molecular weight is 378 g/mol. The average Bonchev–Trinajstić information content (AvgIpc) is 3.25. The molecule has 2 amide bonds. The summed E-state index contributed by atoms with van der Waals surface area (Å²) in [6.07, 6.45) is 1.51. The van der Waals surface area contributed by atoms with E-state index < -0.39 is 0 Å². The summed E-state index contributed by atoms with van der Waals surface area (Å²) in [6, 6.07) is 15.6. The van der Waals surface area contributed by atoms with Gasteiger partial charge in [0.1, 0.15) is 0 Å². The molecule has 0 aliphatic carbocycles. The Morgan fingerprint density at radius 2 is 1.86 bits per heavy atom. The summed E-state index contributed by atoms with van der Waals surface area (Å²) >= 11 is 0. The third-order valence-electron chi connectivity index (χ3n) is 5.30. The Bertz CT molecular complexity index is 989. The van der Waals surface area contributed by atoms with Crippen LogP contribution in [0.4, 0.5) is 5.69 Å². The maximum absolute atomic E-state index is 12.7. The fraction of sp³-hybridized carbons (Fsp3) is 0.273. The van der Waals surface area contributed by atoms with Gasteiger partial charge in [0.05, 0.1) is 38.1 Å². The maximum Gasteiger partial charge on any atom is 0.289 e. The van der Waals surface area contributed by atoms with Gasteiger partial charge in [-0.1, -0.05) is 36.4 Å². The molecule has 4 rings (SSSR count). The highest BCUT2D eigenvalue weighted by Gasteiger charge is 2.27. The number of piperazine rings is 1. The van der Waals surface area contributed by atoms with Gasteiger partial charge >= 0.3 is 0 Å². The number of furan rings is 1. The molecule has 6 nitrogen and oxygen atoms in total. The van der Waals surface area contributed by atoms with Crippen LogP contribution in [0.5, 0.6) is 0 Å². The van der Waals surface area contributed by atoms with Crippen LogP contribution in [0.15, 0.2) is 59.2 Å². The molecule has 3 aromatic rings. The number of aryl methyl sites for hydroxylation is 1. The van der Waals surface area contributed by atoms with Gasteiger partial charge in [-0.3, -0.25) is 9.59 Å². The number of hydrogen-bond donors (Lipinski definition) is 2. The first-order valence-electron chi connectivity index (χ1n) is 9.56. The van der Waals surface area contributed by atoms with Gasteiger partial charge in [-0.25, -0.2) is 0 Å². The van der Waals surface area contributed by atoms with E-state index >= 15 is 0 Å². The lowest BCUT2D eigenvalue weighted by Gasteiger charge is -2.31. The van der Waals surface area contributed by atoms with Crippen molar-refractivity contribution in [1.29, 1.82) is 0 Å². The molecule has 28 heavy (non-hydrogen) atoms. The zero-order valence-electron chi connectivity index (χ0n) is 15.9. The fourth-order valence-electron chi connectivity index (χ4n) is 3.72. The number of nitrogens with zero attached hydrogens (tertiary/aromatic N) is 1. The molecule has 0 bridgehead atoms. The second kappa shape index (κ2) is 7.86. The molecule has 144 valence electrons. The number of quaternary nitrogens is 1. The molecule has 0 saturated carbocycles. The Labute approximate surface area is 163 Å². The summed E-state index contributed by atoms with van der Waals surface area (Å²) in [5.74, 6) is 0.285. The van der Waals surface area contributed by atoms with Gasteiger partial charge in [-0.15, -0.1) is 0 Å². The summed E-state index contributed by atoms with van der Waals surface area (Å²) < 4.78 is 5.19. The molecule has 1 aromatic heterocycles. The highest BCUT2D eigenvalue weighted by molar-refractivity contribution is 6.03. The molecule has 6 heteroatoms. The maximum atomic E-state index is 12.7. The van der Waals surface area contributed by atoms with E-state index in [1.54, 1.807) is 17.0 Å². The van der Waals surface area contributed by atoms with Crippen molar-refractivity contribution in [3.05, 3.63) is 66.1 Å². The summed E-state index contributed by atoms with van der Waals surface area (Å²) in [6.45, 7) is 5.13. The first-order chi connectivity index (χ1) is 13.6. The van der Waals surface area contributed by atoms with E-state index in [9.17, 15) is 9.59 Å². The van der Waals surface area contributed by atoms with Crippen molar-refractivity contribution < 1.29 is 18.9 Å². The summed E-state index contributed by atoms with van der Waals surface area (Å²) in [4.78, 5) is 28.0. The highest BCUT2D eigenvalue weighted by Crippen LogP contribution is 2.26. The van der Waals surface area contributed by atoms with Crippen molar-refractivity contribution >= 4 is 28.3 Å². The number of carbonyl (C=O) groups is 2. The number of benzene rings is 2. The minimum absolute atomic E-state index is 0.000245. The third-order valence-corrected chi connectivity index (χ3v) is 5.30. The van der Waals surface area contributed by atoms with E-state index in [0.717, 1.165) is 35.1 Å². The van der Waals surface area contributed by atoms with Gasteiger partial charge in [0, 0.05) is 5.39 Å². The monoisotopic (exact) mass is 378 g/mol. The second-order valence-corrected chi connectivity index (χ2v) is 7.22. The standard InChI is InChI=1S/C22H23N3O3/c1-16-8-9-17-5-2-3-6-18(17)21(16)23-20(26)15-24-10-12-25(13-11-24)22(27)19-7-4-14-28-19/h2-9,14H,10-13,15H2,1H3,(H,23,26)/p+1. The first-order valence-corrected chi connectivity index (χ1v) is 9.56. The third kappa shape index (κ3) is 3.77. The van der Waals surface area contributed by atoms with Crippen LogP contribution in [0.25, 0.3) is 10.8 Å². The van der Waals surface area contributed by atoms with Crippen LogP contribution in [-0.2, 0) is 4.79 Å². The molecular weight excluding hydrogens is 354 g/mol. The largest absolute Gasteiger partial charge is 0.459 e. The van der Waals surface area contributed by atoms with Crippen molar-refractivity contribution in [2.45, 2.75) is 6.92 Å². The van der Waals surface area contributed by atoms with Crippen molar-refractivity contribution in [3.8, 4) is 0 Å².